The van der Waals surface area contributed by atoms with Gasteiger partial charge in [0.2, 0.25) is 0 Å². The molecule has 0 radical (unpaired) electrons. The van der Waals surface area contributed by atoms with E-state index in [4.69, 9.17) is 0 Å². The summed E-state index contributed by atoms with van der Waals surface area (Å²) in [5, 5.41) is 3.53. The second-order valence-corrected chi connectivity index (χ2v) is 5.52. The Morgan fingerprint density at radius 3 is 2.89 bits per heavy atom. The number of benzene rings is 1. The predicted octanol–water partition coefficient (Wildman–Crippen LogP) is 3.91. The summed E-state index contributed by atoms with van der Waals surface area (Å²) < 4.78 is 3.35. The molecule has 0 saturated heterocycles. The van der Waals surface area contributed by atoms with Gasteiger partial charge in [0.15, 0.2) is 0 Å². The van der Waals surface area contributed by atoms with Gasteiger partial charge in [0, 0.05) is 29.5 Å². The molecule has 0 bridgehead atoms. The van der Waals surface area contributed by atoms with Crippen LogP contribution in [0.1, 0.15) is 37.7 Å². The Labute approximate surface area is 123 Å². The zero-order valence-corrected chi connectivity index (χ0v) is 13.0. The van der Waals surface area contributed by atoms with Crippen LogP contribution in [-0.2, 0) is 13.1 Å². The van der Waals surface area contributed by atoms with E-state index >= 15 is 0 Å². The largest absolute Gasteiger partial charge is 0.334 e. The van der Waals surface area contributed by atoms with Gasteiger partial charge in [-0.2, -0.15) is 0 Å². The van der Waals surface area contributed by atoms with E-state index < -0.39 is 0 Å². The lowest BCUT2D eigenvalue weighted by atomic mass is 10.1. The summed E-state index contributed by atoms with van der Waals surface area (Å²) in [6.45, 7) is 6.17. The van der Waals surface area contributed by atoms with E-state index in [0.29, 0.717) is 6.04 Å². The number of halogens is 1. The fourth-order valence-corrected chi connectivity index (χ4v) is 2.76. The number of rotatable bonds is 6. The Hall–Kier alpha value is -1.13. The Balaban J connectivity index is 1.98. The number of imidazole rings is 1. The van der Waals surface area contributed by atoms with Gasteiger partial charge >= 0.3 is 0 Å². The second-order valence-electron chi connectivity index (χ2n) is 4.66. The number of hydrogen-bond acceptors (Lipinski definition) is 2. The lowest BCUT2D eigenvalue weighted by Gasteiger charge is -2.16. The number of nitrogens with one attached hydrogen (secondary N) is 1. The fourth-order valence-electron chi connectivity index (χ4n) is 2.13. The highest BCUT2D eigenvalue weighted by atomic mass is 79.9. The van der Waals surface area contributed by atoms with Crippen molar-refractivity contribution < 1.29 is 0 Å². The molecule has 1 N–H and O–H groups in total. The third kappa shape index (κ3) is 3.67. The lowest BCUT2D eigenvalue weighted by molar-refractivity contribution is 0.531. The van der Waals surface area contributed by atoms with Crippen LogP contribution in [0.25, 0.3) is 0 Å². The molecule has 2 aromatic rings. The Morgan fingerprint density at radius 1 is 1.37 bits per heavy atom. The van der Waals surface area contributed by atoms with Crippen LogP contribution in [0.2, 0.25) is 0 Å². The van der Waals surface area contributed by atoms with E-state index in [0.717, 1.165) is 29.8 Å². The SMILES string of the molecule is CCCn1ccnc1CNC(C)c1ccccc1Br. The topological polar surface area (TPSA) is 29.9 Å². The average Bonchev–Trinajstić information content (AvgIpc) is 2.84. The van der Waals surface area contributed by atoms with Crippen molar-refractivity contribution in [1.29, 1.82) is 0 Å². The standard InChI is InChI=1S/C15H20BrN3/c1-3-9-19-10-8-17-15(19)11-18-12(2)13-6-4-5-7-14(13)16/h4-8,10,12,18H,3,9,11H2,1-2H3. The van der Waals surface area contributed by atoms with Crippen molar-refractivity contribution in [2.75, 3.05) is 0 Å². The predicted molar refractivity (Wildman–Crippen MR) is 81.9 cm³/mol. The maximum absolute atomic E-state index is 4.41. The summed E-state index contributed by atoms with van der Waals surface area (Å²) in [6, 6.07) is 8.61. The van der Waals surface area contributed by atoms with Crippen molar-refractivity contribution in [3.63, 3.8) is 0 Å². The summed E-state index contributed by atoms with van der Waals surface area (Å²) in [5.41, 5.74) is 1.27. The van der Waals surface area contributed by atoms with Gasteiger partial charge in [0.25, 0.3) is 0 Å². The molecule has 0 aliphatic heterocycles. The molecule has 0 amide bonds. The number of aromatic nitrogens is 2. The molecule has 1 aromatic heterocycles. The first-order chi connectivity index (χ1) is 9.22. The molecule has 1 heterocycles. The van der Waals surface area contributed by atoms with Crippen molar-refractivity contribution in [3.05, 3.63) is 52.5 Å². The van der Waals surface area contributed by atoms with Crippen LogP contribution in [0.5, 0.6) is 0 Å². The summed E-state index contributed by atoms with van der Waals surface area (Å²) >= 11 is 3.59. The van der Waals surface area contributed by atoms with Crippen LogP contribution in [0.4, 0.5) is 0 Å². The van der Waals surface area contributed by atoms with Crippen LogP contribution in [0.15, 0.2) is 41.1 Å². The molecular weight excluding hydrogens is 302 g/mol. The summed E-state index contributed by atoms with van der Waals surface area (Å²) in [5.74, 6) is 1.10. The van der Waals surface area contributed by atoms with Gasteiger partial charge in [-0.1, -0.05) is 41.1 Å². The monoisotopic (exact) mass is 321 g/mol. The Bertz CT molecular complexity index is 522. The van der Waals surface area contributed by atoms with Gasteiger partial charge in [0.1, 0.15) is 5.82 Å². The van der Waals surface area contributed by atoms with Crippen molar-refractivity contribution in [1.82, 2.24) is 14.9 Å². The normalized spacial score (nSPS) is 12.6. The number of nitrogens with zero attached hydrogens (tertiary/aromatic N) is 2. The minimum absolute atomic E-state index is 0.294. The van der Waals surface area contributed by atoms with Crippen LogP contribution < -0.4 is 5.32 Å². The highest BCUT2D eigenvalue weighted by Crippen LogP contribution is 2.22. The first-order valence-electron chi connectivity index (χ1n) is 6.70. The van der Waals surface area contributed by atoms with E-state index in [1.807, 2.05) is 18.5 Å². The van der Waals surface area contributed by atoms with Gasteiger partial charge in [-0.25, -0.2) is 4.98 Å². The Morgan fingerprint density at radius 2 is 2.16 bits per heavy atom. The second kappa shape index (κ2) is 6.87. The molecule has 0 spiro atoms. The molecule has 0 aliphatic rings. The molecule has 2 rings (SSSR count). The maximum Gasteiger partial charge on any atom is 0.122 e. The number of aryl methyl sites for hydroxylation is 1. The molecule has 4 heteroatoms. The minimum Gasteiger partial charge on any atom is -0.334 e. The molecule has 0 saturated carbocycles. The first-order valence-corrected chi connectivity index (χ1v) is 7.49. The van der Waals surface area contributed by atoms with Crippen molar-refractivity contribution in [2.24, 2.45) is 0 Å². The summed E-state index contributed by atoms with van der Waals surface area (Å²) in [6.07, 6.45) is 5.04. The quantitative estimate of drug-likeness (QED) is 0.874. The van der Waals surface area contributed by atoms with E-state index in [9.17, 15) is 0 Å². The number of hydrogen-bond donors (Lipinski definition) is 1. The molecule has 0 fully saturated rings. The minimum atomic E-state index is 0.294. The van der Waals surface area contributed by atoms with Crippen LogP contribution >= 0.6 is 15.9 Å². The third-order valence-electron chi connectivity index (χ3n) is 3.20. The lowest BCUT2D eigenvalue weighted by Crippen LogP contribution is -2.21. The molecule has 3 nitrogen and oxygen atoms in total. The third-order valence-corrected chi connectivity index (χ3v) is 3.93. The molecule has 0 aliphatic carbocycles. The van der Waals surface area contributed by atoms with Crippen molar-refractivity contribution >= 4 is 15.9 Å². The van der Waals surface area contributed by atoms with E-state index in [1.165, 1.54) is 5.56 Å². The molecule has 102 valence electrons. The van der Waals surface area contributed by atoms with Gasteiger partial charge in [0.05, 0.1) is 6.54 Å². The van der Waals surface area contributed by atoms with E-state index in [1.54, 1.807) is 0 Å². The maximum atomic E-state index is 4.41. The zero-order valence-electron chi connectivity index (χ0n) is 11.4. The van der Waals surface area contributed by atoms with Crippen LogP contribution in [-0.4, -0.2) is 9.55 Å². The molecular formula is C15H20BrN3. The first kappa shape index (κ1) is 14.3. The van der Waals surface area contributed by atoms with Crippen molar-refractivity contribution in [3.8, 4) is 0 Å². The zero-order chi connectivity index (χ0) is 13.7. The Kier molecular flexibility index (Phi) is 5.16. The van der Waals surface area contributed by atoms with Gasteiger partial charge in [-0.05, 0) is 25.0 Å². The molecule has 1 atom stereocenters. The summed E-state index contributed by atoms with van der Waals surface area (Å²) in [4.78, 5) is 4.41. The molecule has 1 unspecified atom stereocenters. The van der Waals surface area contributed by atoms with Crippen LogP contribution in [0.3, 0.4) is 0 Å². The highest BCUT2D eigenvalue weighted by Gasteiger charge is 2.09. The van der Waals surface area contributed by atoms with Crippen LogP contribution in [0, 0.1) is 0 Å². The van der Waals surface area contributed by atoms with E-state index in [-0.39, 0.29) is 0 Å². The van der Waals surface area contributed by atoms with Gasteiger partial charge in [-0.15, -0.1) is 0 Å². The van der Waals surface area contributed by atoms with Gasteiger partial charge in [-0.3, -0.25) is 0 Å². The smallest absolute Gasteiger partial charge is 0.122 e. The molecule has 19 heavy (non-hydrogen) atoms. The fraction of sp³-hybridized carbons (Fsp3) is 0.400. The molecule has 1 aromatic carbocycles. The van der Waals surface area contributed by atoms with Crippen molar-refractivity contribution in [2.45, 2.75) is 39.4 Å². The van der Waals surface area contributed by atoms with E-state index in [2.05, 4.69) is 62.8 Å². The average molecular weight is 322 g/mol. The summed E-state index contributed by atoms with van der Waals surface area (Å²) in [7, 11) is 0. The van der Waals surface area contributed by atoms with Gasteiger partial charge < -0.3 is 9.88 Å². The highest BCUT2D eigenvalue weighted by molar-refractivity contribution is 9.10.